The van der Waals surface area contributed by atoms with Gasteiger partial charge in [0.2, 0.25) is 5.88 Å². The topological polar surface area (TPSA) is 34.1 Å². The van der Waals surface area contributed by atoms with Crippen molar-refractivity contribution in [3.8, 4) is 5.88 Å². The van der Waals surface area contributed by atoms with E-state index < -0.39 is 0 Å². The molecular weight excluding hydrogens is 224 g/mol. The number of nitrogens with one attached hydrogen (secondary N) is 1. The summed E-state index contributed by atoms with van der Waals surface area (Å²) in [5.41, 5.74) is 3.42. The molecule has 0 radical (unpaired) electrons. The van der Waals surface area contributed by atoms with Crippen LogP contribution in [-0.2, 0) is 0 Å². The molecule has 1 atom stereocenters. The first-order valence-corrected chi connectivity index (χ1v) is 6.03. The number of benzene rings is 1. The highest BCUT2D eigenvalue weighted by molar-refractivity contribution is 5.53. The lowest BCUT2D eigenvalue weighted by Gasteiger charge is -2.17. The number of hydrogen-bond acceptors (Lipinski definition) is 3. The number of nitrogens with zero attached hydrogens (tertiary/aromatic N) is 1. The van der Waals surface area contributed by atoms with Crippen LogP contribution in [0.5, 0.6) is 5.88 Å². The van der Waals surface area contributed by atoms with Gasteiger partial charge in [0.1, 0.15) is 0 Å². The molecule has 0 saturated carbocycles. The van der Waals surface area contributed by atoms with Gasteiger partial charge in [-0.2, -0.15) is 0 Å². The molecule has 3 nitrogen and oxygen atoms in total. The fourth-order valence-corrected chi connectivity index (χ4v) is 1.84. The molecule has 1 N–H and O–H groups in total. The Morgan fingerprint density at radius 1 is 1.17 bits per heavy atom. The minimum Gasteiger partial charge on any atom is -0.480 e. The van der Waals surface area contributed by atoms with E-state index in [1.54, 1.807) is 13.3 Å². The lowest BCUT2D eigenvalue weighted by molar-refractivity contribution is 0.399. The summed E-state index contributed by atoms with van der Waals surface area (Å²) in [7, 11) is 1.63. The number of ether oxygens (including phenoxy) is 1. The third kappa shape index (κ3) is 2.80. The molecule has 2 rings (SSSR count). The van der Waals surface area contributed by atoms with Crippen molar-refractivity contribution in [2.75, 3.05) is 12.4 Å². The summed E-state index contributed by atoms with van der Waals surface area (Å²) in [5.74, 6) is 0.622. The predicted molar refractivity (Wildman–Crippen MR) is 74.0 cm³/mol. The Morgan fingerprint density at radius 3 is 2.56 bits per heavy atom. The van der Waals surface area contributed by atoms with E-state index in [-0.39, 0.29) is 6.04 Å². The average molecular weight is 242 g/mol. The molecule has 0 aliphatic carbocycles. The van der Waals surface area contributed by atoms with Crippen LogP contribution in [0.2, 0.25) is 0 Å². The van der Waals surface area contributed by atoms with Crippen molar-refractivity contribution in [3.05, 3.63) is 53.7 Å². The number of aromatic nitrogens is 1. The highest BCUT2D eigenvalue weighted by Crippen LogP contribution is 2.25. The van der Waals surface area contributed by atoms with Crippen molar-refractivity contribution >= 4 is 5.69 Å². The van der Waals surface area contributed by atoms with Crippen molar-refractivity contribution in [2.24, 2.45) is 0 Å². The number of rotatable bonds is 4. The second-order valence-electron chi connectivity index (χ2n) is 4.34. The molecule has 3 heteroatoms. The summed E-state index contributed by atoms with van der Waals surface area (Å²) in [6.07, 6.45) is 1.72. The van der Waals surface area contributed by atoms with E-state index in [2.05, 4.69) is 48.4 Å². The van der Waals surface area contributed by atoms with E-state index in [4.69, 9.17) is 4.74 Å². The molecule has 94 valence electrons. The normalized spacial score (nSPS) is 11.9. The van der Waals surface area contributed by atoms with Crippen LogP contribution in [0.25, 0.3) is 0 Å². The molecule has 0 aliphatic rings. The van der Waals surface area contributed by atoms with Crippen LogP contribution >= 0.6 is 0 Å². The highest BCUT2D eigenvalue weighted by atomic mass is 16.5. The Bertz CT molecular complexity index is 508. The Labute approximate surface area is 108 Å². The Balaban J connectivity index is 2.15. The van der Waals surface area contributed by atoms with Gasteiger partial charge in [-0.25, -0.2) is 4.98 Å². The molecule has 0 aliphatic heterocycles. The van der Waals surface area contributed by atoms with Crippen LogP contribution in [-0.4, -0.2) is 12.1 Å². The van der Waals surface area contributed by atoms with E-state index in [9.17, 15) is 0 Å². The van der Waals surface area contributed by atoms with Gasteiger partial charge in [0.05, 0.1) is 12.8 Å². The number of methoxy groups -OCH3 is 1. The monoisotopic (exact) mass is 242 g/mol. The second kappa shape index (κ2) is 5.54. The molecule has 1 heterocycles. The maximum atomic E-state index is 5.23. The van der Waals surface area contributed by atoms with Crippen LogP contribution in [0.4, 0.5) is 5.69 Å². The molecular formula is C15H18N2O. The van der Waals surface area contributed by atoms with Crippen LogP contribution in [0, 0.1) is 6.92 Å². The van der Waals surface area contributed by atoms with Gasteiger partial charge in [-0.3, -0.25) is 0 Å². The van der Waals surface area contributed by atoms with E-state index in [1.807, 2.05) is 12.1 Å². The van der Waals surface area contributed by atoms with Crippen molar-refractivity contribution in [3.63, 3.8) is 0 Å². The SMILES string of the molecule is COc1ncccc1NC(C)c1ccc(C)cc1. The van der Waals surface area contributed by atoms with Crippen molar-refractivity contribution in [1.82, 2.24) is 4.98 Å². The first-order valence-electron chi connectivity index (χ1n) is 6.03. The predicted octanol–water partition coefficient (Wildman–Crippen LogP) is 3.57. The summed E-state index contributed by atoms with van der Waals surface area (Å²) in [6.45, 7) is 4.21. The summed E-state index contributed by atoms with van der Waals surface area (Å²) >= 11 is 0. The molecule has 1 aromatic heterocycles. The summed E-state index contributed by atoms with van der Waals surface area (Å²) < 4.78 is 5.23. The Morgan fingerprint density at radius 2 is 1.89 bits per heavy atom. The van der Waals surface area contributed by atoms with Gasteiger partial charge in [-0.15, -0.1) is 0 Å². The summed E-state index contributed by atoms with van der Waals surface area (Å²) in [5, 5.41) is 3.41. The summed E-state index contributed by atoms with van der Waals surface area (Å²) in [6, 6.07) is 12.6. The third-order valence-corrected chi connectivity index (χ3v) is 2.91. The maximum absolute atomic E-state index is 5.23. The Hall–Kier alpha value is -2.03. The molecule has 2 aromatic rings. The third-order valence-electron chi connectivity index (χ3n) is 2.91. The smallest absolute Gasteiger partial charge is 0.237 e. The highest BCUT2D eigenvalue weighted by Gasteiger charge is 2.08. The average Bonchev–Trinajstić information content (AvgIpc) is 2.40. The van der Waals surface area contributed by atoms with Gasteiger partial charge in [-0.05, 0) is 31.5 Å². The van der Waals surface area contributed by atoms with Crippen molar-refractivity contribution < 1.29 is 4.74 Å². The van der Waals surface area contributed by atoms with Crippen molar-refractivity contribution in [2.45, 2.75) is 19.9 Å². The van der Waals surface area contributed by atoms with Crippen molar-refractivity contribution in [1.29, 1.82) is 0 Å². The van der Waals surface area contributed by atoms with Crippen LogP contribution in [0.3, 0.4) is 0 Å². The summed E-state index contributed by atoms with van der Waals surface area (Å²) in [4.78, 5) is 4.17. The first kappa shape index (κ1) is 12.4. The minimum atomic E-state index is 0.212. The quantitative estimate of drug-likeness (QED) is 0.890. The van der Waals surface area contributed by atoms with E-state index in [0.29, 0.717) is 5.88 Å². The first-order chi connectivity index (χ1) is 8.70. The van der Waals surface area contributed by atoms with Gasteiger partial charge in [-0.1, -0.05) is 29.8 Å². The standard InChI is InChI=1S/C15H18N2O/c1-11-6-8-13(9-7-11)12(2)17-14-5-4-10-16-15(14)18-3/h4-10,12,17H,1-3H3. The van der Waals surface area contributed by atoms with Gasteiger partial charge >= 0.3 is 0 Å². The fourth-order valence-electron chi connectivity index (χ4n) is 1.84. The zero-order valence-electron chi connectivity index (χ0n) is 11.0. The van der Waals surface area contributed by atoms with E-state index in [0.717, 1.165) is 5.69 Å². The molecule has 0 bridgehead atoms. The number of pyridine rings is 1. The number of anilines is 1. The molecule has 0 fully saturated rings. The van der Waals surface area contributed by atoms with Gasteiger partial charge in [0.15, 0.2) is 0 Å². The maximum Gasteiger partial charge on any atom is 0.237 e. The lowest BCUT2D eigenvalue weighted by Crippen LogP contribution is -2.08. The zero-order valence-corrected chi connectivity index (χ0v) is 11.0. The number of aryl methyl sites for hydroxylation is 1. The van der Waals surface area contributed by atoms with Crippen LogP contribution in [0.1, 0.15) is 24.1 Å². The molecule has 0 saturated heterocycles. The van der Waals surface area contributed by atoms with Gasteiger partial charge in [0, 0.05) is 12.2 Å². The fraction of sp³-hybridized carbons (Fsp3) is 0.267. The number of hydrogen-bond donors (Lipinski definition) is 1. The van der Waals surface area contributed by atoms with Gasteiger partial charge in [0.25, 0.3) is 0 Å². The second-order valence-corrected chi connectivity index (χ2v) is 4.34. The molecule has 0 spiro atoms. The molecule has 0 amide bonds. The molecule has 1 unspecified atom stereocenters. The van der Waals surface area contributed by atoms with Crippen LogP contribution in [0.15, 0.2) is 42.6 Å². The molecule has 1 aromatic carbocycles. The van der Waals surface area contributed by atoms with Crippen LogP contribution < -0.4 is 10.1 Å². The Kier molecular flexibility index (Phi) is 3.82. The zero-order chi connectivity index (χ0) is 13.0. The lowest BCUT2D eigenvalue weighted by atomic mass is 10.1. The minimum absolute atomic E-state index is 0.212. The molecule has 18 heavy (non-hydrogen) atoms. The van der Waals surface area contributed by atoms with E-state index in [1.165, 1.54) is 11.1 Å². The largest absolute Gasteiger partial charge is 0.480 e. The van der Waals surface area contributed by atoms with E-state index >= 15 is 0 Å². The van der Waals surface area contributed by atoms with Gasteiger partial charge < -0.3 is 10.1 Å².